The molecule has 8 heteroatoms. The molecule has 0 saturated carbocycles. The highest BCUT2D eigenvalue weighted by Gasteiger charge is 2.30. The number of esters is 1. The summed E-state index contributed by atoms with van der Waals surface area (Å²) >= 11 is 1.31. The zero-order valence-electron chi connectivity index (χ0n) is 17.4. The predicted octanol–water partition coefficient (Wildman–Crippen LogP) is 5.28. The molecular formula is C23H22N2O4S2. The standard InChI is InChI=1S/C23H22N2O4S2/c1-4-29-23(26)20-18(16-11-9-15(10-12-16)14(2)3)13-30-22(20)24-21-17-7-5-6-8-19(17)31(27,28)25-21/h5-14H,4H2,1-3H3,(H,24,25). The lowest BCUT2D eigenvalue weighted by Crippen LogP contribution is -2.14. The summed E-state index contributed by atoms with van der Waals surface area (Å²) in [6.45, 7) is 6.23. The van der Waals surface area contributed by atoms with Crippen molar-refractivity contribution in [1.82, 2.24) is 0 Å². The van der Waals surface area contributed by atoms with Gasteiger partial charge in [0.15, 0.2) is 5.84 Å². The fraction of sp³-hybridized carbons (Fsp3) is 0.217. The average molecular weight is 455 g/mol. The monoisotopic (exact) mass is 454 g/mol. The SMILES string of the molecule is CCOC(=O)c1c(-c2ccc(C(C)C)cc2)csc1NC1=NS(=O)(=O)c2ccccc21. The second kappa shape index (κ2) is 8.28. The van der Waals surface area contributed by atoms with Crippen LogP contribution in [0.2, 0.25) is 0 Å². The summed E-state index contributed by atoms with van der Waals surface area (Å²) in [5, 5.41) is 5.43. The first kappa shape index (κ1) is 21.3. The summed E-state index contributed by atoms with van der Waals surface area (Å²) in [6.07, 6.45) is 0. The van der Waals surface area contributed by atoms with Gasteiger partial charge in [-0.15, -0.1) is 15.7 Å². The number of thiophene rings is 1. The summed E-state index contributed by atoms with van der Waals surface area (Å²) in [6, 6.07) is 14.7. The van der Waals surface area contributed by atoms with Gasteiger partial charge in [-0.25, -0.2) is 4.79 Å². The van der Waals surface area contributed by atoms with Crippen LogP contribution in [0.15, 0.2) is 63.2 Å². The molecule has 160 valence electrons. The van der Waals surface area contributed by atoms with Gasteiger partial charge in [-0.05, 0) is 36.1 Å². The Hall–Kier alpha value is -2.97. The van der Waals surface area contributed by atoms with Gasteiger partial charge < -0.3 is 10.1 Å². The molecule has 0 saturated heterocycles. The van der Waals surface area contributed by atoms with Crippen LogP contribution in [0.3, 0.4) is 0 Å². The van der Waals surface area contributed by atoms with E-state index in [1.54, 1.807) is 25.1 Å². The van der Waals surface area contributed by atoms with Crippen LogP contribution in [-0.2, 0) is 14.8 Å². The van der Waals surface area contributed by atoms with Crippen LogP contribution in [0, 0.1) is 0 Å². The normalized spacial score (nSPS) is 14.3. The third-order valence-electron chi connectivity index (χ3n) is 5.02. The minimum Gasteiger partial charge on any atom is -0.462 e. The molecule has 31 heavy (non-hydrogen) atoms. The van der Waals surface area contributed by atoms with Crippen molar-refractivity contribution >= 4 is 38.2 Å². The van der Waals surface area contributed by atoms with E-state index in [1.807, 2.05) is 29.6 Å². The van der Waals surface area contributed by atoms with Gasteiger partial charge in [0.25, 0.3) is 10.0 Å². The van der Waals surface area contributed by atoms with Gasteiger partial charge in [-0.1, -0.05) is 50.2 Å². The van der Waals surface area contributed by atoms with Crippen LogP contribution < -0.4 is 5.32 Å². The summed E-state index contributed by atoms with van der Waals surface area (Å²) in [4.78, 5) is 13.0. The molecule has 3 aromatic rings. The van der Waals surface area contributed by atoms with Gasteiger partial charge in [-0.3, -0.25) is 0 Å². The number of hydrogen-bond acceptors (Lipinski definition) is 6. The Kier molecular flexibility index (Phi) is 5.68. The molecule has 0 bridgehead atoms. The zero-order valence-corrected chi connectivity index (χ0v) is 19.0. The quantitative estimate of drug-likeness (QED) is 0.531. The molecule has 1 aromatic heterocycles. The second-order valence-corrected chi connectivity index (χ2v) is 9.84. The van der Waals surface area contributed by atoms with Gasteiger partial charge in [0, 0.05) is 16.5 Å². The summed E-state index contributed by atoms with van der Waals surface area (Å²) in [5.74, 6) is 0.134. The number of carbonyl (C=O) groups is 1. The Labute approximate surface area is 185 Å². The van der Waals surface area contributed by atoms with Crippen molar-refractivity contribution in [2.75, 3.05) is 11.9 Å². The number of rotatable bonds is 5. The summed E-state index contributed by atoms with van der Waals surface area (Å²) in [7, 11) is -3.76. The van der Waals surface area contributed by atoms with Crippen LogP contribution >= 0.6 is 11.3 Å². The molecule has 0 radical (unpaired) electrons. The molecule has 0 fully saturated rings. The van der Waals surface area contributed by atoms with Gasteiger partial charge in [-0.2, -0.15) is 8.42 Å². The van der Waals surface area contributed by atoms with Crippen molar-refractivity contribution in [2.24, 2.45) is 4.40 Å². The Bertz CT molecular complexity index is 1270. The largest absolute Gasteiger partial charge is 0.462 e. The number of ether oxygens (including phenoxy) is 1. The highest BCUT2D eigenvalue weighted by atomic mass is 32.2. The molecule has 2 heterocycles. The van der Waals surface area contributed by atoms with E-state index >= 15 is 0 Å². The third-order valence-corrected chi connectivity index (χ3v) is 7.25. The molecule has 1 N–H and O–H groups in total. The molecule has 0 unspecified atom stereocenters. The van der Waals surface area contributed by atoms with Crippen LogP contribution in [0.25, 0.3) is 11.1 Å². The van der Waals surface area contributed by atoms with Crippen LogP contribution in [0.5, 0.6) is 0 Å². The summed E-state index contributed by atoms with van der Waals surface area (Å²) < 4.78 is 33.9. The van der Waals surface area contributed by atoms with Crippen molar-refractivity contribution in [3.8, 4) is 11.1 Å². The highest BCUT2D eigenvalue weighted by Crippen LogP contribution is 2.38. The average Bonchev–Trinajstić information content (AvgIpc) is 3.27. The predicted molar refractivity (Wildman–Crippen MR) is 124 cm³/mol. The van der Waals surface area contributed by atoms with Gasteiger partial charge in [0.05, 0.1) is 6.61 Å². The van der Waals surface area contributed by atoms with E-state index in [0.29, 0.717) is 22.0 Å². The molecular weight excluding hydrogens is 432 g/mol. The zero-order chi connectivity index (χ0) is 22.2. The highest BCUT2D eigenvalue weighted by molar-refractivity contribution is 7.90. The maximum Gasteiger partial charge on any atom is 0.341 e. The lowest BCUT2D eigenvalue weighted by atomic mass is 9.98. The molecule has 0 spiro atoms. The van der Waals surface area contributed by atoms with E-state index in [2.05, 4.69) is 23.6 Å². The Morgan fingerprint density at radius 2 is 1.81 bits per heavy atom. The van der Waals surface area contributed by atoms with E-state index in [4.69, 9.17) is 4.74 Å². The number of nitrogens with zero attached hydrogens (tertiary/aromatic N) is 1. The smallest absolute Gasteiger partial charge is 0.341 e. The number of amidine groups is 1. The third kappa shape index (κ3) is 4.00. The number of benzene rings is 2. The van der Waals surface area contributed by atoms with Crippen LogP contribution in [0.1, 0.15) is 48.2 Å². The molecule has 1 aliphatic heterocycles. The first-order valence-electron chi connectivity index (χ1n) is 9.92. The minimum absolute atomic E-state index is 0.149. The number of carbonyl (C=O) groups excluding carboxylic acids is 1. The molecule has 0 atom stereocenters. The second-order valence-electron chi connectivity index (χ2n) is 7.39. The molecule has 1 aliphatic rings. The number of fused-ring (bicyclic) bond motifs is 1. The molecule has 6 nitrogen and oxygen atoms in total. The Morgan fingerprint density at radius 3 is 2.48 bits per heavy atom. The number of anilines is 1. The van der Waals surface area contributed by atoms with Crippen LogP contribution in [0.4, 0.5) is 5.00 Å². The molecule has 0 amide bonds. The van der Waals surface area contributed by atoms with E-state index in [9.17, 15) is 13.2 Å². The lowest BCUT2D eigenvalue weighted by molar-refractivity contribution is 0.0529. The first-order chi connectivity index (χ1) is 14.8. The molecule has 2 aromatic carbocycles. The number of hydrogen-bond donors (Lipinski definition) is 1. The summed E-state index contributed by atoms with van der Waals surface area (Å²) in [5.41, 5.74) is 3.67. The van der Waals surface area contributed by atoms with E-state index in [1.165, 1.54) is 23.0 Å². The molecule has 4 rings (SSSR count). The molecule has 0 aliphatic carbocycles. The number of nitrogens with one attached hydrogen (secondary N) is 1. The van der Waals surface area contributed by atoms with Gasteiger partial charge in [0.2, 0.25) is 0 Å². The van der Waals surface area contributed by atoms with Crippen molar-refractivity contribution < 1.29 is 17.9 Å². The van der Waals surface area contributed by atoms with E-state index in [0.717, 1.165) is 11.1 Å². The van der Waals surface area contributed by atoms with Crippen molar-refractivity contribution in [2.45, 2.75) is 31.6 Å². The maximum atomic E-state index is 12.8. The van der Waals surface area contributed by atoms with Crippen molar-refractivity contribution in [1.29, 1.82) is 0 Å². The Morgan fingerprint density at radius 1 is 1.10 bits per heavy atom. The number of sulfonamides is 1. The Balaban J connectivity index is 1.77. The van der Waals surface area contributed by atoms with Crippen molar-refractivity contribution in [3.05, 3.63) is 70.6 Å². The van der Waals surface area contributed by atoms with Gasteiger partial charge in [0.1, 0.15) is 15.5 Å². The lowest BCUT2D eigenvalue weighted by Gasteiger charge is -2.10. The van der Waals surface area contributed by atoms with Crippen LogP contribution in [-0.4, -0.2) is 26.8 Å². The topological polar surface area (TPSA) is 84.8 Å². The minimum atomic E-state index is -3.76. The van der Waals surface area contributed by atoms with E-state index < -0.39 is 16.0 Å². The van der Waals surface area contributed by atoms with E-state index in [-0.39, 0.29) is 17.3 Å². The fourth-order valence-electron chi connectivity index (χ4n) is 3.42. The fourth-order valence-corrected chi connectivity index (χ4v) is 5.55. The maximum absolute atomic E-state index is 12.8. The first-order valence-corrected chi connectivity index (χ1v) is 12.2. The van der Waals surface area contributed by atoms with Crippen molar-refractivity contribution in [3.63, 3.8) is 0 Å². The van der Waals surface area contributed by atoms with Gasteiger partial charge >= 0.3 is 5.97 Å².